The molecular weight excluding hydrogens is 252 g/mol. The SMILES string of the molecule is CCCn1nncc1C(NCC)C1(OCC)CCCC1. The van der Waals surface area contributed by atoms with Crippen LogP contribution in [-0.4, -0.2) is 33.7 Å². The maximum absolute atomic E-state index is 6.23. The molecule has 1 unspecified atom stereocenters. The molecule has 1 atom stereocenters. The Morgan fingerprint density at radius 2 is 2.10 bits per heavy atom. The van der Waals surface area contributed by atoms with Crippen molar-refractivity contribution in [2.45, 2.75) is 71.1 Å². The third kappa shape index (κ3) is 3.04. The zero-order valence-corrected chi connectivity index (χ0v) is 13.1. The fraction of sp³-hybridized carbons (Fsp3) is 0.867. The highest BCUT2D eigenvalue weighted by molar-refractivity contribution is 5.12. The maximum atomic E-state index is 6.23. The van der Waals surface area contributed by atoms with E-state index in [9.17, 15) is 0 Å². The van der Waals surface area contributed by atoms with E-state index in [1.165, 1.54) is 18.5 Å². The molecule has 1 aliphatic rings. The zero-order valence-electron chi connectivity index (χ0n) is 13.1. The molecule has 1 fully saturated rings. The number of aryl methyl sites for hydroxylation is 1. The predicted octanol–water partition coefficient (Wildman–Crippen LogP) is 2.69. The molecular formula is C15H28N4O. The molecule has 1 saturated carbocycles. The van der Waals surface area contributed by atoms with Crippen molar-refractivity contribution in [3.05, 3.63) is 11.9 Å². The number of nitrogens with one attached hydrogen (secondary N) is 1. The topological polar surface area (TPSA) is 52.0 Å². The average molecular weight is 280 g/mol. The van der Waals surface area contributed by atoms with Crippen molar-refractivity contribution in [2.75, 3.05) is 13.2 Å². The normalized spacial score (nSPS) is 19.4. The van der Waals surface area contributed by atoms with E-state index in [4.69, 9.17) is 4.74 Å². The number of aromatic nitrogens is 3. The van der Waals surface area contributed by atoms with Crippen LogP contribution in [-0.2, 0) is 11.3 Å². The number of ether oxygens (including phenoxy) is 1. The summed E-state index contributed by atoms with van der Waals surface area (Å²) < 4.78 is 8.26. The Morgan fingerprint density at radius 3 is 2.70 bits per heavy atom. The summed E-state index contributed by atoms with van der Waals surface area (Å²) in [5.41, 5.74) is 1.09. The van der Waals surface area contributed by atoms with Crippen LogP contribution in [0.25, 0.3) is 0 Å². The van der Waals surface area contributed by atoms with Gasteiger partial charge in [0.1, 0.15) is 0 Å². The smallest absolute Gasteiger partial charge is 0.0892 e. The minimum Gasteiger partial charge on any atom is -0.373 e. The van der Waals surface area contributed by atoms with Gasteiger partial charge >= 0.3 is 0 Å². The highest BCUT2D eigenvalue weighted by Gasteiger charge is 2.44. The molecule has 1 heterocycles. The minimum absolute atomic E-state index is 0.0854. The summed E-state index contributed by atoms with van der Waals surface area (Å²) >= 11 is 0. The summed E-state index contributed by atoms with van der Waals surface area (Å²) in [7, 11) is 0. The van der Waals surface area contributed by atoms with E-state index in [1.54, 1.807) is 0 Å². The lowest BCUT2D eigenvalue weighted by molar-refractivity contribution is -0.0642. The van der Waals surface area contributed by atoms with E-state index in [2.05, 4.69) is 36.4 Å². The van der Waals surface area contributed by atoms with Gasteiger partial charge in [-0.1, -0.05) is 31.9 Å². The first-order valence-electron chi connectivity index (χ1n) is 8.03. The van der Waals surface area contributed by atoms with Crippen molar-refractivity contribution in [2.24, 2.45) is 0 Å². The third-order valence-corrected chi connectivity index (χ3v) is 4.19. The van der Waals surface area contributed by atoms with E-state index in [1.807, 2.05) is 10.9 Å². The summed E-state index contributed by atoms with van der Waals surface area (Å²) in [5.74, 6) is 0. The summed E-state index contributed by atoms with van der Waals surface area (Å²) in [6, 6.07) is 0.191. The molecule has 0 spiro atoms. The lowest BCUT2D eigenvalue weighted by Crippen LogP contribution is -2.45. The maximum Gasteiger partial charge on any atom is 0.0892 e. The van der Waals surface area contributed by atoms with Crippen molar-refractivity contribution >= 4 is 0 Å². The number of likely N-dealkylation sites (N-methyl/N-ethyl adjacent to an activating group) is 1. The van der Waals surface area contributed by atoms with Crippen molar-refractivity contribution in [1.82, 2.24) is 20.3 Å². The van der Waals surface area contributed by atoms with Crippen LogP contribution < -0.4 is 5.32 Å². The van der Waals surface area contributed by atoms with Gasteiger partial charge in [0, 0.05) is 13.2 Å². The molecule has 0 amide bonds. The molecule has 1 aliphatic carbocycles. The number of nitrogens with zero attached hydrogens (tertiary/aromatic N) is 3. The van der Waals surface area contributed by atoms with Crippen LogP contribution in [0.15, 0.2) is 6.20 Å². The lowest BCUT2D eigenvalue weighted by atomic mass is 9.89. The van der Waals surface area contributed by atoms with Gasteiger partial charge in [0.15, 0.2) is 0 Å². The number of hydrogen-bond donors (Lipinski definition) is 1. The lowest BCUT2D eigenvalue weighted by Gasteiger charge is -2.37. The summed E-state index contributed by atoms with van der Waals surface area (Å²) in [6.45, 7) is 9.01. The van der Waals surface area contributed by atoms with Crippen LogP contribution in [0.3, 0.4) is 0 Å². The first-order chi connectivity index (χ1) is 9.77. The van der Waals surface area contributed by atoms with Gasteiger partial charge in [0.25, 0.3) is 0 Å². The molecule has 1 aromatic heterocycles. The molecule has 1 aromatic rings. The van der Waals surface area contributed by atoms with Gasteiger partial charge in [0.2, 0.25) is 0 Å². The molecule has 2 rings (SSSR count). The van der Waals surface area contributed by atoms with Gasteiger partial charge in [-0.15, -0.1) is 5.10 Å². The van der Waals surface area contributed by atoms with Crippen LogP contribution in [0.4, 0.5) is 0 Å². The highest BCUT2D eigenvalue weighted by Crippen LogP contribution is 2.42. The van der Waals surface area contributed by atoms with Crippen LogP contribution in [0, 0.1) is 0 Å². The van der Waals surface area contributed by atoms with Crippen molar-refractivity contribution < 1.29 is 4.74 Å². The second kappa shape index (κ2) is 7.18. The molecule has 5 heteroatoms. The molecule has 1 N–H and O–H groups in total. The fourth-order valence-electron chi connectivity index (χ4n) is 3.42. The van der Waals surface area contributed by atoms with Gasteiger partial charge in [-0.3, -0.25) is 0 Å². The van der Waals surface area contributed by atoms with Crippen LogP contribution in [0.1, 0.15) is 64.6 Å². The first kappa shape index (κ1) is 15.4. The summed E-state index contributed by atoms with van der Waals surface area (Å²) in [6.07, 6.45) is 7.71. The Morgan fingerprint density at radius 1 is 1.35 bits per heavy atom. The average Bonchev–Trinajstić information content (AvgIpc) is 3.07. The van der Waals surface area contributed by atoms with Gasteiger partial charge in [-0.2, -0.15) is 0 Å². The molecule has 5 nitrogen and oxygen atoms in total. The molecule has 0 bridgehead atoms. The van der Waals surface area contributed by atoms with Crippen molar-refractivity contribution in [3.8, 4) is 0 Å². The van der Waals surface area contributed by atoms with Gasteiger partial charge in [-0.25, -0.2) is 4.68 Å². The van der Waals surface area contributed by atoms with Crippen LogP contribution in [0.5, 0.6) is 0 Å². The molecule has 114 valence electrons. The summed E-state index contributed by atoms with van der Waals surface area (Å²) in [4.78, 5) is 0. The minimum atomic E-state index is -0.0854. The largest absolute Gasteiger partial charge is 0.373 e. The Kier molecular flexibility index (Phi) is 5.54. The van der Waals surface area contributed by atoms with E-state index in [0.717, 1.165) is 39.0 Å². The molecule has 0 aliphatic heterocycles. The van der Waals surface area contributed by atoms with E-state index >= 15 is 0 Å². The standard InChI is InChI=1S/C15H28N4O/c1-4-11-19-13(12-17-18-19)14(16-5-2)15(20-6-3)9-7-8-10-15/h12,14,16H,4-11H2,1-3H3. The number of hydrogen-bond acceptors (Lipinski definition) is 4. The molecule has 0 radical (unpaired) electrons. The Bertz CT molecular complexity index is 398. The predicted molar refractivity (Wildman–Crippen MR) is 79.6 cm³/mol. The van der Waals surface area contributed by atoms with Crippen molar-refractivity contribution in [1.29, 1.82) is 0 Å². The van der Waals surface area contributed by atoms with Crippen molar-refractivity contribution in [3.63, 3.8) is 0 Å². The monoisotopic (exact) mass is 280 g/mol. The second-order valence-corrected chi connectivity index (χ2v) is 5.58. The fourth-order valence-corrected chi connectivity index (χ4v) is 3.42. The van der Waals surface area contributed by atoms with Gasteiger partial charge in [0.05, 0.1) is 23.5 Å². The van der Waals surface area contributed by atoms with Gasteiger partial charge < -0.3 is 10.1 Å². The van der Waals surface area contributed by atoms with Crippen LogP contribution in [0.2, 0.25) is 0 Å². The van der Waals surface area contributed by atoms with Crippen LogP contribution >= 0.6 is 0 Å². The molecule has 20 heavy (non-hydrogen) atoms. The van der Waals surface area contributed by atoms with E-state index < -0.39 is 0 Å². The third-order valence-electron chi connectivity index (χ3n) is 4.19. The second-order valence-electron chi connectivity index (χ2n) is 5.58. The zero-order chi connectivity index (χ0) is 14.4. The molecule has 0 saturated heterocycles. The summed E-state index contributed by atoms with van der Waals surface area (Å²) in [5, 5.41) is 12.0. The van der Waals surface area contributed by atoms with E-state index in [-0.39, 0.29) is 11.6 Å². The first-order valence-corrected chi connectivity index (χ1v) is 8.03. The highest BCUT2D eigenvalue weighted by atomic mass is 16.5. The molecule has 0 aromatic carbocycles. The van der Waals surface area contributed by atoms with Gasteiger partial charge in [-0.05, 0) is 32.7 Å². The Labute approximate surface area is 122 Å². The Hall–Kier alpha value is -0.940. The Balaban J connectivity index is 2.30. The van der Waals surface area contributed by atoms with E-state index in [0.29, 0.717) is 0 Å². The number of rotatable bonds is 8. The quantitative estimate of drug-likeness (QED) is 0.795.